The van der Waals surface area contributed by atoms with Crippen LogP contribution in [0.25, 0.3) is 0 Å². The zero-order valence-electron chi connectivity index (χ0n) is 8.85. The van der Waals surface area contributed by atoms with Crippen molar-refractivity contribution >= 4 is 5.69 Å². The van der Waals surface area contributed by atoms with Gasteiger partial charge < -0.3 is 10.5 Å². The Morgan fingerprint density at radius 1 is 1.62 bits per heavy atom. The molecule has 0 aliphatic heterocycles. The molecular formula is C10H13FN2O3. The van der Waals surface area contributed by atoms with E-state index in [0.29, 0.717) is 5.75 Å². The third kappa shape index (κ3) is 2.66. The number of nitrogens with two attached hydrogens (primary N) is 1. The lowest BCUT2D eigenvalue weighted by Crippen LogP contribution is -2.05. The lowest BCUT2D eigenvalue weighted by molar-refractivity contribution is -0.385. The minimum Gasteiger partial charge on any atom is -0.496 e. The number of hydrogen-bond acceptors (Lipinski definition) is 4. The average molecular weight is 228 g/mol. The molecule has 0 aliphatic carbocycles. The van der Waals surface area contributed by atoms with Crippen LogP contribution in [0, 0.1) is 10.1 Å². The fourth-order valence-corrected chi connectivity index (χ4v) is 1.38. The van der Waals surface area contributed by atoms with E-state index in [2.05, 4.69) is 0 Å². The summed E-state index contributed by atoms with van der Waals surface area (Å²) >= 11 is 0. The highest BCUT2D eigenvalue weighted by atomic mass is 19.1. The number of benzene rings is 1. The van der Waals surface area contributed by atoms with Gasteiger partial charge in [-0.1, -0.05) is 0 Å². The number of nitrogens with zero attached hydrogens (tertiary/aromatic N) is 1. The number of hydrogen-bond donors (Lipinski definition) is 1. The van der Waals surface area contributed by atoms with Crippen LogP contribution in [-0.2, 0) is 0 Å². The molecule has 1 atom stereocenters. The molecule has 1 rings (SSSR count). The summed E-state index contributed by atoms with van der Waals surface area (Å²) in [4.78, 5) is 9.98. The second kappa shape index (κ2) is 5.41. The van der Waals surface area contributed by atoms with Gasteiger partial charge in [0.2, 0.25) is 0 Å². The number of methoxy groups -OCH3 is 1. The van der Waals surface area contributed by atoms with Gasteiger partial charge in [0.05, 0.1) is 12.0 Å². The molecule has 0 heterocycles. The number of nitro groups is 1. The van der Waals surface area contributed by atoms with Gasteiger partial charge >= 0.3 is 0 Å². The van der Waals surface area contributed by atoms with E-state index in [1.807, 2.05) is 0 Å². The van der Waals surface area contributed by atoms with Gasteiger partial charge in [-0.25, -0.2) is 4.39 Å². The van der Waals surface area contributed by atoms with Crippen LogP contribution >= 0.6 is 0 Å². The van der Waals surface area contributed by atoms with Crippen molar-refractivity contribution in [2.24, 2.45) is 5.73 Å². The summed E-state index contributed by atoms with van der Waals surface area (Å²) in [5, 5.41) is 10.6. The van der Waals surface area contributed by atoms with E-state index in [4.69, 9.17) is 10.5 Å². The molecule has 88 valence electrons. The molecule has 0 amide bonds. The number of nitro benzene ring substituents is 1. The van der Waals surface area contributed by atoms with Crippen molar-refractivity contribution in [2.75, 3.05) is 13.7 Å². The van der Waals surface area contributed by atoms with Gasteiger partial charge in [-0.05, 0) is 19.0 Å². The summed E-state index contributed by atoms with van der Waals surface area (Å²) in [7, 11) is 1.39. The van der Waals surface area contributed by atoms with Crippen molar-refractivity contribution in [1.29, 1.82) is 0 Å². The Labute approximate surface area is 92.2 Å². The van der Waals surface area contributed by atoms with Gasteiger partial charge in [-0.2, -0.15) is 0 Å². The molecule has 0 saturated heterocycles. The maximum absolute atomic E-state index is 13.6. The molecule has 0 radical (unpaired) electrons. The van der Waals surface area contributed by atoms with Crippen molar-refractivity contribution in [2.45, 2.75) is 12.6 Å². The van der Waals surface area contributed by atoms with Gasteiger partial charge in [0.1, 0.15) is 11.9 Å². The number of ether oxygens (including phenoxy) is 1. The number of non-ortho nitro benzene ring substituents is 1. The van der Waals surface area contributed by atoms with Crippen molar-refractivity contribution < 1.29 is 14.1 Å². The first kappa shape index (κ1) is 12.4. The van der Waals surface area contributed by atoms with Crippen molar-refractivity contribution in [3.63, 3.8) is 0 Å². The summed E-state index contributed by atoms with van der Waals surface area (Å²) in [6.07, 6.45) is -1.24. The van der Waals surface area contributed by atoms with Crippen LogP contribution in [0.2, 0.25) is 0 Å². The highest BCUT2D eigenvalue weighted by Crippen LogP contribution is 2.32. The standard InChI is InChI=1S/C10H13FN2O3/c1-16-10-3-2-7(13(14)15)6-8(10)9(11)4-5-12/h2-3,6,9H,4-5,12H2,1H3. The smallest absolute Gasteiger partial charge is 0.270 e. The topological polar surface area (TPSA) is 78.4 Å². The van der Waals surface area contributed by atoms with Crippen LogP contribution < -0.4 is 10.5 Å². The zero-order chi connectivity index (χ0) is 12.1. The quantitative estimate of drug-likeness (QED) is 0.617. The fourth-order valence-electron chi connectivity index (χ4n) is 1.38. The minimum atomic E-state index is -1.35. The maximum Gasteiger partial charge on any atom is 0.270 e. The second-order valence-corrected chi connectivity index (χ2v) is 3.23. The Hall–Kier alpha value is -1.69. The number of alkyl halides is 1. The van der Waals surface area contributed by atoms with Crippen LogP contribution in [-0.4, -0.2) is 18.6 Å². The molecule has 6 heteroatoms. The molecule has 5 nitrogen and oxygen atoms in total. The van der Waals surface area contributed by atoms with Gasteiger partial charge in [0.25, 0.3) is 5.69 Å². The highest BCUT2D eigenvalue weighted by molar-refractivity contribution is 5.45. The first-order valence-corrected chi connectivity index (χ1v) is 4.76. The average Bonchev–Trinajstić information content (AvgIpc) is 2.28. The third-order valence-corrected chi connectivity index (χ3v) is 2.18. The van der Waals surface area contributed by atoms with Crippen LogP contribution in [0.3, 0.4) is 0 Å². The number of halogens is 1. The van der Waals surface area contributed by atoms with Gasteiger partial charge in [0, 0.05) is 17.7 Å². The Morgan fingerprint density at radius 2 is 2.31 bits per heavy atom. The molecule has 1 aromatic rings. The van der Waals surface area contributed by atoms with Crippen LogP contribution in [0.5, 0.6) is 5.75 Å². The molecule has 0 bridgehead atoms. The summed E-state index contributed by atoms with van der Waals surface area (Å²) in [6, 6.07) is 3.84. The van der Waals surface area contributed by atoms with Gasteiger partial charge in [-0.3, -0.25) is 10.1 Å². The SMILES string of the molecule is COc1ccc([N+](=O)[O-])cc1C(F)CCN. The lowest BCUT2D eigenvalue weighted by Gasteiger charge is -2.11. The highest BCUT2D eigenvalue weighted by Gasteiger charge is 2.18. The predicted molar refractivity (Wildman–Crippen MR) is 57.2 cm³/mol. The maximum atomic E-state index is 13.6. The largest absolute Gasteiger partial charge is 0.496 e. The molecular weight excluding hydrogens is 215 g/mol. The van der Waals surface area contributed by atoms with Crippen molar-refractivity contribution in [1.82, 2.24) is 0 Å². The molecule has 16 heavy (non-hydrogen) atoms. The normalized spacial score (nSPS) is 12.2. The molecule has 0 aromatic heterocycles. The van der Waals surface area contributed by atoms with Crippen LogP contribution in [0.15, 0.2) is 18.2 Å². The molecule has 0 aliphatic rings. The first-order valence-electron chi connectivity index (χ1n) is 4.76. The molecule has 1 aromatic carbocycles. The van der Waals surface area contributed by atoms with Crippen LogP contribution in [0.4, 0.5) is 10.1 Å². The number of rotatable bonds is 5. The monoisotopic (exact) mass is 228 g/mol. The predicted octanol–water partition coefficient (Wildman–Crippen LogP) is 1.96. The molecule has 0 saturated carbocycles. The lowest BCUT2D eigenvalue weighted by atomic mass is 10.1. The van der Waals surface area contributed by atoms with E-state index in [9.17, 15) is 14.5 Å². The van der Waals surface area contributed by atoms with Gasteiger partial charge in [-0.15, -0.1) is 0 Å². The summed E-state index contributed by atoms with van der Waals surface area (Å²) in [6.45, 7) is 0.174. The first-order chi connectivity index (χ1) is 7.60. The zero-order valence-corrected chi connectivity index (χ0v) is 8.85. The Kier molecular flexibility index (Phi) is 4.19. The molecule has 0 fully saturated rings. The van der Waals surface area contributed by atoms with Gasteiger partial charge in [0.15, 0.2) is 0 Å². The second-order valence-electron chi connectivity index (χ2n) is 3.23. The Balaban J connectivity index is 3.11. The minimum absolute atomic E-state index is 0.109. The van der Waals surface area contributed by atoms with E-state index in [1.165, 1.54) is 25.3 Å². The summed E-state index contributed by atoms with van der Waals surface area (Å²) in [5.41, 5.74) is 5.25. The third-order valence-electron chi connectivity index (χ3n) is 2.18. The van der Waals surface area contributed by atoms with E-state index in [1.54, 1.807) is 0 Å². The van der Waals surface area contributed by atoms with E-state index < -0.39 is 11.1 Å². The van der Waals surface area contributed by atoms with Crippen LogP contribution in [0.1, 0.15) is 18.2 Å². The van der Waals surface area contributed by atoms with E-state index in [-0.39, 0.29) is 24.2 Å². The summed E-state index contributed by atoms with van der Waals surface area (Å²) in [5.74, 6) is 0.298. The van der Waals surface area contributed by atoms with E-state index in [0.717, 1.165) is 0 Å². The Morgan fingerprint density at radius 3 is 2.81 bits per heavy atom. The molecule has 0 spiro atoms. The summed E-state index contributed by atoms with van der Waals surface area (Å²) < 4.78 is 18.6. The van der Waals surface area contributed by atoms with E-state index >= 15 is 0 Å². The molecule has 2 N–H and O–H groups in total. The fraction of sp³-hybridized carbons (Fsp3) is 0.400. The Bertz CT molecular complexity index is 384. The van der Waals surface area contributed by atoms with Crippen molar-refractivity contribution in [3.05, 3.63) is 33.9 Å². The van der Waals surface area contributed by atoms with Crippen molar-refractivity contribution in [3.8, 4) is 5.75 Å². The molecule has 1 unspecified atom stereocenters.